The average Bonchev–Trinajstić information content (AvgIpc) is 2.18. The van der Waals surface area contributed by atoms with Crippen molar-refractivity contribution in [1.29, 1.82) is 0 Å². The molecule has 0 heterocycles. The van der Waals surface area contributed by atoms with E-state index >= 15 is 0 Å². The molecular formula is C12H16F3NS. The summed E-state index contributed by atoms with van der Waals surface area (Å²) in [6.45, 7) is 3.29. The number of hydrogen-bond donors (Lipinski definition) is 1. The van der Waals surface area contributed by atoms with Gasteiger partial charge in [-0.05, 0) is 25.0 Å². The third kappa shape index (κ3) is 4.24. The molecule has 0 saturated heterocycles. The second-order valence-corrected chi connectivity index (χ2v) is 5.19. The van der Waals surface area contributed by atoms with Gasteiger partial charge in [-0.15, -0.1) is 11.8 Å². The molecule has 0 spiro atoms. The van der Waals surface area contributed by atoms with Gasteiger partial charge in [-0.1, -0.05) is 24.3 Å². The molecule has 0 aliphatic carbocycles. The van der Waals surface area contributed by atoms with E-state index in [4.69, 9.17) is 5.73 Å². The monoisotopic (exact) mass is 263 g/mol. The zero-order valence-corrected chi connectivity index (χ0v) is 10.6. The molecule has 0 amide bonds. The van der Waals surface area contributed by atoms with Crippen LogP contribution in [0.4, 0.5) is 13.2 Å². The lowest BCUT2D eigenvalue weighted by molar-refractivity contribution is -0.131. The largest absolute Gasteiger partial charge is 0.402 e. The number of nitrogens with two attached hydrogens (primary N) is 1. The van der Waals surface area contributed by atoms with E-state index in [1.807, 2.05) is 31.2 Å². The average molecular weight is 263 g/mol. The Balaban J connectivity index is 2.68. The summed E-state index contributed by atoms with van der Waals surface area (Å²) < 4.78 is 38.0. The summed E-state index contributed by atoms with van der Waals surface area (Å²) >= 11 is 0.854. The summed E-state index contributed by atoms with van der Waals surface area (Å²) in [6.07, 6.45) is -4.25. The van der Waals surface area contributed by atoms with E-state index in [0.29, 0.717) is 5.75 Å². The Kier molecular flexibility index (Phi) is 4.89. The second-order valence-electron chi connectivity index (χ2n) is 4.06. The van der Waals surface area contributed by atoms with Crippen LogP contribution in [0.1, 0.15) is 18.1 Å². The Labute approximate surface area is 104 Å². The highest BCUT2D eigenvalue weighted by atomic mass is 32.2. The molecule has 2 unspecified atom stereocenters. The summed E-state index contributed by atoms with van der Waals surface area (Å²) in [7, 11) is 0. The summed E-state index contributed by atoms with van der Waals surface area (Å²) in [4.78, 5) is 0. The van der Waals surface area contributed by atoms with Crippen LogP contribution in [-0.2, 0) is 5.75 Å². The number of rotatable bonds is 4. The summed E-state index contributed by atoms with van der Waals surface area (Å²) in [6, 6.07) is 6.54. The third-order valence-corrected chi connectivity index (χ3v) is 4.01. The molecule has 0 saturated carbocycles. The van der Waals surface area contributed by atoms with Crippen molar-refractivity contribution in [2.45, 2.75) is 37.1 Å². The number of aryl methyl sites for hydroxylation is 1. The third-order valence-electron chi connectivity index (χ3n) is 2.48. The highest BCUT2D eigenvalue weighted by Crippen LogP contribution is 2.34. The standard InChI is InChI=1S/C12H16F3NS/c1-8-5-3-4-6-10(8)7-17-11(9(2)16)12(13,14)15/h3-6,9,11H,7,16H2,1-2H3. The van der Waals surface area contributed by atoms with Gasteiger partial charge < -0.3 is 5.73 Å². The van der Waals surface area contributed by atoms with Gasteiger partial charge >= 0.3 is 6.18 Å². The van der Waals surface area contributed by atoms with Gasteiger partial charge in [0, 0.05) is 11.8 Å². The molecule has 96 valence electrons. The normalized spacial score (nSPS) is 15.6. The Morgan fingerprint density at radius 1 is 1.29 bits per heavy atom. The van der Waals surface area contributed by atoms with Gasteiger partial charge in [0.15, 0.2) is 0 Å². The van der Waals surface area contributed by atoms with Crippen molar-refractivity contribution in [3.05, 3.63) is 35.4 Å². The van der Waals surface area contributed by atoms with E-state index < -0.39 is 17.5 Å². The summed E-state index contributed by atoms with van der Waals surface area (Å²) in [5, 5.41) is -1.51. The van der Waals surface area contributed by atoms with Crippen molar-refractivity contribution in [3.8, 4) is 0 Å². The van der Waals surface area contributed by atoms with Crippen molar-refractivity contribution >= 4 is 11.8 Å². The molecule has 0 aromatic heterocycles. The molecular weight excluding hydrogens is 247 g/mol. The van der Waals surface area contributed by atoms with Crippen molar-refractivity contribution in [2.75, 3.05) is 0 Å². The smallest absolute Gasteiger partial charge is 0.327 e. The van der Waals surface area contributed by atoms with Crippen molar-refractivity contribution < 1.29 is 13.2 Å². The summed E-state index contributed by atoms with van der Waals surface area (Å²) in [5.74, 6) is 0.332. The lowest BCUT2D eigenvalue weighted by Crippen LogP contribution is -2.40. The quantitative estimate of drug-likeness (QED) is 0.899. The number of thioether (sulfide) groups is 1. The van der Waals surface area contributed by atoms with E-state index in [2.05, 4.69) is 0 Å². The first-order valence-corrected chi connectivity index (χ1v) is 6.35. The number of halogens is 3. The highest BCUT2D eigenvalue weighted by Gasteiger charge is 2.42. The van der Waals surface area contributed by atoms with Crippen LogP contribution in [-0.4, -0.2) is 17.5 Å². The van der Waals surface area contributed by atoms with Crippen LogP contribution in [0.25, 0.3) is 0 Å². The molecule has 5 heteroatoms. The van der Waals surface area contributed by atoms with Crippen molar-refractivity contribution in [2.24, 2.45) is 5.73 Å². The lowest BCUT2D eigenvalue weighted by atomic mass is 10.1. The van der Waals surface area contributed by atoms with Gasteiger partial charge in [-0.25, -0.2) is 0 Å². The molecule has 1 aromatic carbocycles. The Morgan fingerprint density at radius 2 is 1.88 bits per heavy atom. The number of alkyl halides is 3. The van der Waals surface area contributed by atoms with Crippen LogP contribution in [0.15, 0.2) is 24.3 Å². The molecule has 0 bridgehead atoms. The lowest BCUT2D eigenvalue weighted by Gasteiger charge is -2.23. The van der Waals surface area contributed by atoms with Crippen LogP contribution in [0.3, 0.4) is 0 Å². The maximum absolute atomic E-state index is 12.7. The van der Waals surface area contributed by atoms with Crippen molar-refractivity contribution in [3.63, 3.8) is 0 Å². The van der Waals surface area contributed by atoms with E-state index in [9.17, 15) is 13.2 Å². The molecule has 1 rings (SSSR count). The van der Waals surface area contributed by atoms with Gasteiger partial charge in [0.1, 0.15) is 5.25 Å². The first-order valence-electron chi connectivity index (χ1n) is 5.30. The molecule has 1 aromatic rings. The fraction of sp³-hybridized carbons (Fsp3) is 0.500. The minimum absolute atomic E-state index is 0.332. The molecule has 0 aliphatic heterocycles. The van der Waals surface area contributed by atoms with Gasteiger partial charge in [0.2, 0.25) is 0 Å². The van der Waals surface area contributed by atoms with Gasteiger partial charge in [0.05, 0.1) is 0 Å². The van der Waals surface area contributed by atoms with Gasteiger partial charge in [-0.2, -0.15) is 13.2 Å². The summed E-state index contributed by atoms with van der Waals surface area (Å²) in [5.41, 5.74) is 7.31. The molecule has 0 fully saturated rings. The van der Waals surface area contributed by atoms with Gasteiger partial charge in [0.25, 0.3) is 0 Å². The predicted octanol–water partition coefficient (Wildman–Crippen LogP) is 3.51. The van der Waals surface area contributed by atoms with E-state index in [1.165, 1.54) is 6.92 Å². The maximum Gasteiger partial charge on any atom is 0.402 e. The fourth-order valence-electron chi connectivity index (χ4n) is 1.50. The van der Waals surface area contributed by atoms with Crippen molar-refractivity contribution in [1.82, 2.24) is 0 Å². The Bertz CT molecular complexity index is 363. The number of hydrogen-bond acceptors (Lipinski definition) is 2. The highest BCUT2D eigenvalue weighted by molar-refractivity contribution is 7.99. The second kappa shape index (κ2) is 5.78. The molecule has 1 nitrogen and oxygen atoms in total. The number of benzene rings is 1. The van der Waals surface area contributed by atoms with Crippen LogP contribution < -0.4 is 5.73 Å². The van der Waals surface area contributed by atoms with E-state index in [-0.39, 0.29) is 0 Å². The molecule has 0 aliphatic rings. The van der Waals surface area contributed by atoms with E-state index in [1.54, 1.807) is 0 Å². The fourth-order valence-corrected chi connectivity index (χ4v) is 2.67. The van der Waals surface area contributed by atoms with Crippen LogP contribution in [0, 0.1) is 6.92 Å². The molecule has 0 radical (unpaired) electrons. The molecule has 2 N–H and O–H groups in total. The van der Waals surface area contributed by atoms with Gasteiger partial charge in [-0.3, -0.25) is 0 Å². The van der Waals surface area contributed by atoms with Crippen LogP contribution in [0.2, 0.25) is 0 Å². The Morgan fingerprint density at radius 3 is 2.35 bits per heavy atom. The van der Waals surface area contributed by atoms with Crippen LogP contribution >= 0.6 is 11.8 Å². The SMILES string of the molecule is Cc1ccccc1CSC(C(C)N)C(F)(F)F. The minimum Gasteiger partial charge on any atom is -0.327 e. The minimum atomic E-state index is -4.25. The topological polar surface area (TPSA) is 26.0 Å². The Hall–Kier alpha value is -0.680. The molecule has 17 heavy (non-hydrogen) atoms. The molecule has 2 atom stereocenters. The first-order chi connectivity index (χ1) is 7.82. The first kappa shape index (κ1) is 14.4. The van der Waals surface area contributed by atoms with E-state index in [0.717, 1.165) is 22.9 Å². The zero-order valence-electron chi connectivity index (χ0n) is 9.79. The zero-order chi connectivity index (χ0) is 13.1. The predicted molar refractivity (Wildman–Crippen MR) is 66.0 cm³/mol. The van der Waals surface area contributed by atoms with Crippen LogP contribution in [0.5, 0.6) is 0 Å². The maximum atomic E-state index is 12.7.